The fourth-order valence-corrected chi connectivity index (χ4v) is 3.04. The van der Waals surface area contributed by atoms with Crippen LogP contribution in [0.15, 0.2) is 43.0 Å². The zero-order valence-electron chi connectivity index (χ0n) is 13.5. The average molecular weight is 332 g/mol. The van der Waals surface area contributed by atoms with Gasteiger partial charge in [-0.1, -0.05) is 55.5 Å². The summed E-state index contributed by atoms with van der Waals surface area (Å²) in [5.74, 6) is 0.0485. The molecule has 0 aromatic heterocycles. The van der Waals surface area contributed by atoms with Gasteiger partial charge in [0.05, 0.1) is 6.04 Å². The molecule has 0 bridgehead atoms. The molecule has 23 heavy (non-hydrogen) atoms. The molecule has 1 aliphatic heterocycles. The van der Waals surface area contributed by atoms with Gasteiger partial charge in [-0.25, -0.2) is 4.79 Å². The normalized spacial score (nSPS) is 16.5. The van der Waals surface area contributed by atoms with Crippen LogP contribution in [-0.2, 0) is 11.3 Å². The van der Waals surface area contributed by atoms with Crippen LogP contribution in [0.2, 0.25) is 0 Å². The van der Waals surface area contributed by atoms with Crippen LogP contribution in [0.1, 0.15) is 25.3 Å². The van der Waals surface area contributed by atoms with Crippen molar-refractivity contribution in [3.8, 4) is 0 Å². The third-order valence-electron chi connectivity index (χ3n) is 4.07. The van der Waals surface area contributed by atoms with E-state index < -0.39 is 6.09 Å². The highest BCUT2D eigenvalue weighted by Gasteiger charge is 2.27. The van der Waals surface area contributed by atoms with Crippen LogP contribution >= 0.6 is 12.2 Å². The highest BCUT2D eigenvalue weighted by Crippen LogP contribution is 2.15. The van der Waals surface area contributed by atoms with Crippen molar-refractivity contribution < 1.29 is 9.53 Å². The molecule has 5 heteroatoms. The quantitative estimate of drug-likeness (QED) is 0.639. The second-order valence-corrected chi connectivity index (χ2v) is 6.23. The van der Waals surface area contributed by atoms with E-state index in [9.17, 15) is 4.79 Å². The number of hydrogen-bond donors (Lipinski definition) is 1. The molecule has 0 unspecified atom stereocenters. The lowest BCUT2D eigenvalue weighted by Gasteiger charge is -2.29. The summed E-state index contributed by atoms with van der Waals surface area (Å²) in [6, 6.07) is 9.35. The maximum atomic E-state index is 12.1. The van der Waals surface area contributed by atoms with E-state index >= 15 is 0 Å². The van der Waals surface area contributed by atoms with Crippen LogP contribution < -0.4 is 5.32 Å². The van der Waals surface area contributed by atoms with Crippen molar-refractivity contribution in [1.29, 1.82) is 0 Å². The molecule has 1 saturated heterocycles. The van der Waals surface area contributed by atoms with Crippen LogP contribution in [0.5, 0.6) is 0 Å². The van der Waals surface area contributed by atoms with Gasteiger partial charge in [-0.05, 0) is 18.4 Å². The molecule has 0 spiro atoms. The van der Waals surface area contributed by atoms with Crippen LogP contribution in [-0.4, -0.2) is 35.1 Å². The van der Waals surface area contributed by atoms with Crippen molar-refractivity contribution in [2.24, 2.45) is 5.92 Å². The van der Waals surface area contributed by atoms with Gasteiger partial charge in [0.15, 0.2) is 0 Å². The Bertz CT molecular complexity index is 541. The van der Waals surface area contributed by atoms with Crippen molar-refractivity contribution in [3.05, 3.63) is 48.6 Å². The number of nitrogens with zero attached hydrogens (tertiary/aromatic N) is 1. The van der Waals surface area contributed by atoms with Crippen molar-refractivity contribution in [2.75, 3.05) is 13.1 Å². The fourth-order valence-electron chi connectivity index (χ4n) is 2.58. The minimum atomic E-state index is -0.450. The largest absolute Gasteiger partial charge is 0.445 e. The first-order valence-corrected chi connectivity index (χ1v) is 8.41. The molecule has 124 valence electrons. The highest BCUT2D eigenvalue weighted by atomic mass is 32.1. The molecule has 1 aromatic carbocycles. The molecule has 1 N–H and O–H groups in total. The Morgan fingerprint density at radius 2 is 2.04 bits per heavy atom. The third kappa shape index (κ3) is 5.06. The Morgan fingerprint density at radius 3 is 2.65 bits per heavy atom. The van der Waals surface area contributed by atoms with Gasteiger partial charge < -0.3 is 15.0 Å². The summed E-state index contributed by atoms with van der Waals surface area (Å²) in [6.45, 7) is 7.98. The number of hydrogen-bond acceptors (Lipinski definition) is 3. The van der Waals surface area contributed by atoms with Gasteiger partial charge in [0.1, 0.15) is 11.6 Å². The van der Waals surface area contributed by atoms with Crippen molar-refractivity contribution in [2.45, 2.75) is 32.4 Å². The van der Waals surface area contributed by atoms with E-state index in [0.717, 1.165) is 36.5 Å². The van der Waals surface area contributed by atoms with Gasteiger partial charge in [0, 0.05) is 19.0 Å². The van der Waals surface area contributed by atoms with Crippen LogP contribution in [0, 0.1) is 5.92 Å². The number of likely N-dealkylation sites (tertiary alicyclic amines) is 1. The third-order valence-corrected chi connectivity index (χ3v) is 4.58. The van der Waals surface area contributed by atoms with E-state index in [-0.39, 0.29) is 18.6 Å². The zero-order chi connectivity index (χ0) is 16.7. The topological polar surface area (TPSA) is 41.6 Å². The summed E-state index contributed by atoms with van der Waals surface area (Å²) in [5.41, 5.74) is 0.957. The lowest BCUT2D eigenvalue weighted by molar-refractivity contribution is 0.136. The van der Waals surface area contributed by atoms with Crippen molar-refractivity contribution in [3.63, 3.8) is 0 Å². The summed E-state index contributed by atoms with van der Waals surface area (Å²) < 4.78 is 5.30. The van der Waals surface area contributed by atoms with Gasteiger partial charge in [-0.2, -0.15) is 0 Å². The lowest BCUT2D eigenvalue weighted by atomic mass is 10.0. The number of amides is 1. The van der Waals surface area contributed by atoms with Crippen molar-refractivity contribution in [1.82, 2.24) is 10.2 Å². The molecule has 1 aromatic rings. The second kappa shape index (κ2) is 8.67. The first-order valence-electron chi connectivity index (χ1n) is 8.00. The predicted molar refractivity (Wildman–Crippen MR) is 96.3 cm³/mol. The first-order chi connectivity index (χ1) is 11.1. The number of benzene rings is 1. The molecular formula is C18H24N2O2S. The highest BCUT2D eigenvalue weighted by molar-refractivity contribution is 7.80. The number of rotatable bonds is 6. The van der Waals surface area contributed by atoms with E-state index in [0.29, 0.717) is 0 Å². The number of carbonyl (C=O) groups excluding carboxylic acids is 1. The van der Waals surface area contributed by atoms with E-state index in [1.807, 2.05) is 43.3 Å². The van der Waals surface area contributed by atoms with E-state index in [4.69, 9.17) is 17.0 Å². The molecule has 0 saturated carbocycles. The van der Waals surface area contributed by atoms with Crippen LogP contribution in [0.4, 0.5) is 4.79 Å². The monoisotopic (exact) mass is 332 g/mol. The van der Waals surface area contributed by atoms with Gasteiger partial charge in [0.25, 0.3) is 0 Å². The summed E-state index contributed by atoms with van der Waals surface area (Å²) >= 11 is 5.58. The second-order valence-electron chi connectivity index (χ2n) is 5.81. The molecule has 1 heterocycles. The molecule has 0 radical (unpaired) electrons. The number of carbonyl (C=O) groups is 1. The smallest absolute Gasteiger partial charge is 0.408 e. The lowest BCUT2D eigenvalue weighted by Crippen LogP contribution is -2.49. The Morgan fingerprint density at radius 1 is 1.39 bits per heavy atom. The van der Waals surface area contributed by atoms with E-state index in [1.54, 1.807) is 0 Å². The SMILES string of the molecule is C=C[C@H](C)[C@@H](NC(=O)OCc1ccccc1)C(=S)N1CCCC1. The standard InChI is InChI=1S/C18H24N2O2S/c1-3-14(2)16(17(23)20-11-7-8-12-20)19-18(21)22-13-15-9-5-4-6-10-15/h3-6,9-10,14,16H,1,7-8,11-13H2,2H3,(H,19,21)/t14-,16+/m0/s1. The van der Waals surface area contributed by atoms with Crippen LogP contribution in [0.25, 0.3) is 0 Å². The van der Waals surface area contributed by atoms with Gasteiger partial charge in [-0.3, -0.25) is 0 Å². The molecule has 4 nitrogen and oxygen atoms in total. The predicted octanol–water partition coefficient (Wildman–Crippen LogP) is 3.53. The Kier molecular flexibility index (Phi) is 6.59. The maximum Gasteiger partial charge on any atom is 0.408 e. The first kappa shape index (κ1) is 17.5. The average Bonchev–Trinajstić information content (AvgIpc) is 3.12. The molecular weight excluding hydrogens is 308 g/mol. The fraction of sp³-hybridized carbons (Fsp3) is 0.444. The molecule has 1 amide bonds. The number of ether oxygens (including phenoxy) is 1. The minimum absolute atomic E-state index is 0.0485. The van der Waals surface area contributed by atoms with Gasteiger partial charge in [-0.15, -0.1) is 6.58 Å². The van der Waals surface area contributed by atoms with Gasteiger partial charge >= 0.3 is 6.09 Å². The number of thiocarbonyl (C=S) groups is 1. The van der Waals surface area contributed by atoms with Gasteiger partial charge in [0.2, 0.25) is 0 Å². The number of alkyl carbamates (subject to hydrolysis) is 1. The summed E-state index contributed by atoms with van der Waals surface area (Å²) in [6.07, 6.45) is 3.65. The Hall–Kier alpha value is -1.88. The maximum absolute atomic E-state index is 12.1. The number of nitrogens with one attached hydrogen (secondary N) is 1. The van der Waals surface area contributed by atoms with E-state index in [1.165, 1.54) is 0 Å². The van der Waals surface area contributed by atoms with E-state index in [2.05, 4.69) is 16.8 Å². The minimum Gasteiger partial charge on any atom is -0.445 e. The molecule has 1 aliphatic rings. The molecule has 2 rings (SSSR count). The summed E-state index contributed by atoms with van der Waals surface area (Å²) in [5, 5.41) is 2.90. The summed E-state index contributed by atoms with van der Waals surface area (Å²) in [7, 11) is 0. The molecule has 2 atom stereocenters. The molecule has 1 fully saturated rings. The summed E-state index contributed by atoms with van der Waals surface area (Å²) in [4.78, 5) is 15.1. The zero-order valence-corrected chi connectivity index (χ0v) is 14.3. The van der Waals surface area contributed by atoms with Crippen LogP contribution in [0.3, 0.4) is 0 Å². The molecule has 0 aliphatic carbocycles. The Labute approximate surface area is 143 Å². The van der Waals surface area contributed by atoms with Crippen molar-refractivity contribution >= 4 is 23.3 Å². The Balaban J connectivity index is 1.92.